The molecule has 2 bridgehead atoms. The van der Waals surface area contributed by atoms with Crippen molar-refractivity contribution in [3.63, 3.8) is 0 Å². The van der Waals surface area contributed by atoms with Crippen molar-refractivity contribution in [2.24, 2.45) is 11.8 Å². The van der Waals surface area contributed by atoms with Crippen molar-refractivity contribution < 1.29 is 0 Å². The lowest BCUT2D eigenvalue weighted by atomic mass is 9.87. The zero-order valence-corrected chi connectivity index (χ0v) is 8.58. The molecule has 0 heterocycles. The lowest BCUT2D eigenvalue weighted by molar-refractivity contribution is 0.335. The molecule has 3 atom stereocenters. The van der Waals surface area contributed by atoms with Gasteiger partial charge >= 0.3 is 0 Å². The summed E-state index contributed by atoms with van der Waals surface area (Å²) in [6.45, 7) is 0. The maximum Gasteiger partial charge on any atom is 0.0135 e. The summed E-state index contributed by atoms with van der Waals surface area (Å²) >= 11 is 9.04. The third-order valence-electron chi connectivity index (χ3n) is 3.43. The van der Waals surface area contributed by atoms with Gasteiger partial charge in [0.05, 0.1) is 0 Å². The maximum atomic E-state index is 4.75. The van der Waals surface area contributed by atoms with Gasteiger partial charge in [-0.2, -0.15) is 25.3 Å². The Hall–Kier alpha value is 0.700. The second-order valence-electron chi connectivity index (χ2n) is 4.20. The van der Waals surface area contributed by atoms with E-state index >= 15 is 0 Å². The lowest BCUT2D eigenvalue weighted by Gasteiger charge is -2.25. The molecule has 0 radical (unpaired) electrons. The Kier molecular flexibility index (Phi) is 2.17. The van der Waals surface area contributed by atoms with E-state index in [0.717, 1.165) is 17.6 Å². The number of thiol groups is 2. The van der Waals surface area contributed by atoms with E-state index in [1.54, 1.807) is 0 Å². The summed E-state index contributed by atoms with van der Waals surface area (Å²) in [5, 5.41) is 0. The number of hydrogen-bond donors (Lipinski definition) is 2. The fourth-order valence-electron chi connectivity index (χ4n) is 2.89. The fraction of sp³-hybridized carbons (Fsp3) is 1.00. The van der Waals surface area contributed by atoms with Crippen LogP contribution in [0, 0.1) is 11.8 Å². The molecule has 2 saturated carbocycles. The molecule has 64 valence electrons. The second kappa shape index (κ2) is 2.88. The second-order valence-corrected chi connectivity index (χ2v) is 5.60. The van der Waals surface area contributed by atoms with Gasteiger partial charge in [-0.25, -0.2) is 0 Å². The van der Waals surface area contributed by atoms with E-state index in [0.29, 0.717) is 4.75 Å². The molecule has 0 aromatic rings. The van der Waals surface area contributed by atoms with Crippen molar-refractivity contribution in [3.05, 3.63) is 0 Å². The Bertz CT molecular complexity index is 158. The van der Waals surface area contributed by atoms with E-state index in [1.807, 2.05) is 0 Å². The van der Waals surface area contributed by atoms with Gasteiger partial charge in [0.15, 0.2) is 0 Å². The van der Waals surface area contributed by atoms with Crippen LogP contribution in [0.5, 0.6) is 0 Å². The van der Waals surface area contributed by atoms with E-state index < -0.39 is 0 Å². The Morgan fingerprint density at radius 2 is 2.18 bits per heavy atom. The topological polar surface area (TPSA) is 0 Å². The molecular weight excluding hydrogens is 172 g/mol. The molecule has 0 aromatic heterocycles. The Labute approximate surface area is 80.0 Å². The Morgan fingerprint density at radius 3 is 2.64 bits per heavy atom. The van der Waals surface area contributed by atoms with Crippen LogP contribution >= 0.6 is 25.3 Å². The van der Waals surface area contributed by atoms with Crippen molar-refractivity contribution >= 4 is 25.3 Å². The third-order valence-corrected chi connectivity index (χ3v) is 4.28. The average molecular weight is 188 g/mol. The summed E-state index contributed by atoms with van der Waals surface area (Å²) in [6, 6.07) is 0. The summed E-state index contributed by atoms with van der Waals surface area (Å²) in [5.41, 5.74) is 0. The van der Waals surface area contributed by atoms with E-state index in [-0.39, 0.29) is 0 Å². The molecule has 2 aliphatic rings. The third kappa shape index (κ3) is 1.44. The van der Waals surface area contributed by atoms with Crippen molar-refractivity contribution in [1.29, 1.82) is 0 Å². The number of fused-ring (bicyclic) bond motifs is 2. The number of rotatable bonds is 2. The van der Waals surface area contributed by atoms with Crippen LogP contribution in [0.25, 0.3) is 0 Å². The van der Waals surface area contributed by atoms with Crippen LogP contribution in [0.15, 0.2) is 0 Å². The lowest BCUT2D eigenvalue weighted by Crippen LogP contribution is -2.18. The minimum absolute atomic E-state index is 0.443. The van der Waals surface area contributed by atoms with Crippen LogP contribution in [0.4, 0.5) is 0 Å². The first-order valence-electron chi connectivity index (χ1n) is 4.57. The zero-order valence-electron chi connectivity index (χ0n) is 6.79. The SMILES string of the molecule is SCCC1CC2(S)CCC1C2. The first-order chi connectivity index (χ1) is 5.23. The quantitative estimate of drug-likeness (QED) is 0.612. The first kappa shape index (κ1) is 8.31. The van der Waals surface area contributed by atoms with Crippen molar-refractivity contribution in [2.45, 2.75) is 36.9 Å². The van der Waals surface area contributed by atoms with Crippen LogP contribution < -0.4 is 0 Å². The molecule has 0 nitrogen and oxygen atoms in total. The maximum absolute atomic E-state index is 4.75. The molecule has 3 unspecified atom stereocenters. The van der Waals surface area contributed by atoms with E-state index in [2.05, 4.69) is 12.6 Å². The highest BCUT2D eigenvalue weighted by atomic mass is 32.1. The smallest absolute Gasteiger partial charge is 0.0135 e. The minimum Gasteiger partial charge on any atom is -0.179 e. The predicted octanol–water partition coefficient (Wildman–Crippen LogP) is 2.79. The normalized spacial score (nSPS) is 48.5. The van der Waals surface area contributed by atoms with Crippen molar-refractivity contribution in [2.75, 3.05) is 5.75 Å². The largest absolute Gasteiger partial charge is 0.179 e. The van der Waals surface area contributed by atoms with Gasteiger partial charge in [0.1, 0.15) is 0 Å². The first-order valence-corrected chi connectivity index (χ1v) is 5.65. The molecule has 2 aliphatic carbocycles. The van der Waals surface area contributed by atoms with Crippen LogP contribution in [-0.2, 0) is 0 Å². The van der Waals surface area contributed by atoms with Gasteiger partial charge in [-0.1, -0.05) is 0 Å². The van der Waals surface area contributed by atoms with Gasteiger partial charge in [-0.05, 0) is 49.7 Å². The van der Waals surface area contributed by atoms with Crippen molar-refractivity contribution in [3.8, 4) is 0 Å². The van der Waals surface area contributed by atoms with Gasteiger partial charge in [0, 0.05) is 4.75 Å². The molecule has 2 rings (SSSR count). The molecular formula is C9H16S2. The van der Waals surface area contributed by atoms with Gasteiger partial charge < -0.3 is 0 Å². The van der Waals surface area contributed by atoms with Gasteiger partial charge in [-0.3, -0.25) is 0 Å². The zero-order chi connectivity index (χ0) is 7.90. The van der Waals surface area contributed by atoms with Crippen molar-refractivity contribution in [1.82, 2.24) is 0 Å². The molecule has 0 spiro atoms. The summed E-state index contributed by atoms with van der Waals surface area (Å²) in [6.07, 6.45) is 6.86. The molecule has 0 aromatic carbocycles. The Balaban J connectivity index is 1.98. The monoisotopic (exact) mass is 188 g/mol. The van der Waals surface area contributed by atoms with Gasteiger partial charge in [0.25, 0.3) is 0 Å². The van der Waals surface area contributed by atoms with Gasteiger partial charge in [-0.15, -0.1) is 0 Å². The fourth-order valence-corrected chi connectivity index (χ4v) is 3.82. The molecule has 0 N–H and O–H groups in total. The average Bonchev–Trinajstić information content (AvgIpc) is 2.43. The van der Waals surface area contributed by atoms with E-state index in [9.17, 15) is 0 Å². The van der Waals surface area contributed by atoms with Crippen LogP contribution in [-0.4, -0.2) is 10.5 Å². The standard InChI is InChI=1S/C9H16S2/c10-4-2-8-6-9(11)3-1-7(8)5-9/h7-8,10-11H,1-6H2. The van der Waals surface area contributed by atoms with Gasteiger partial charge in [0.2, 0.25) is 0 Å². The minimum atomic E-state index is 0.443. The summed E-state index contributed by atoms with van der Waals surface area (Å²) in [4.78, 5) is 0. The predicted molar refractivity (Wildman–Crippen MR) is 55.6 cm³/mol. The van der Waals surface area contributed by atoms with Crippen LogP contribution in [0.2, 0.25) is 0 Å². The van der Waals surface area contributed by atoms with E-state index in [1.165, 1.54) is 32.1 Å². The highest BCUT2D eigenvalue weighted by Crippen LogP contribution is 2.55. The molecule has 11 heavy (non-hydrogen) atoms. The molecule has 2 heteroatoms. The summed E-state index contributed by atoms with van der Waals surface area (Å²) < 4.78 is 0.443. The molecule has 0 amide bonds. The number of hydrogen-bond acceptors (Lipinski definition) is 2. The molecule has 2 fully saturated rings. The highest BCUT2D eigenvalue weighted by molar-refractivity contribution is 7.81. The summed E-state index contributed by atoms with van der Waals surface area (Å²) in [7, 11) is 0. The van der Waals surface area contributed by atoms with E-state index in [4.69, 9.17) is 12.6 Å². The summed E-state index contributed by atoms with van der Waals surface area (Å²) in [5.74, 6) is 3.02. The van der Waals surface area contributed by atoms with Crippen LogP contribution in [0.1, 0.15) is 32.1 Å². The Morgan fingerprint density at radius 1 is 1.36 bits per heavy atom. The van der Waals surface area contributed by atoms with Crippen LogP contribution in [0.3, 0.4) is 0 Å². The highest BCUT2D eigenvalue weighted by Gasteiger charge is 2.47. The molecule has 0 aliphatic heterocycles. The molecule has 0 saturated heterocycles.